The Morgan fingerprint density at radius 1 is 1.08 bits per heavy atom. The van der Waals surface area contributed by atoms with Crippen LogP contribution in [0.5, 0.6) is 0 Å². The van der Waals surface area contributed by atoms with Crippen LogP contribution in [0.2, 0.25) is 10.0 Å². The summed E-state index contributed by atoms with van der Waals surface area (Å²) in [6.07, 6.45) is 0. The zero-order chi connectivity index (χ0) is 19.0. The highest BCUT2D eigenvalue weighted by Gasteiger charge is 2.17. The quantitative estimate of drug-likeness (QED) is 0.558. The van der Waals surface area contributed by atoms with Gasteiger partial charge >= 0.3 is 6.03 Å². The second kappa shape index (κ2) is 10.2. The number of quaternary nitrogens is 1. The first-order valence-corrected chi connectivity index (χ1v) is 8.57. The number of anilines is 1. The van der Waals surface area contributed by atoms with Crippen molar-refractivity contribution in [3.8, 4) is 0 Å². The number of amides is 4. The molecule has 9 heteroatoms. The van der Waals surface area contributed by atoms with Gasteiger partial charge in [-0.15, -0.1) is 0 Å². The number of imide groups is 1. The summed E-state index contributed by atoms with van der Waals surface area (Å²) in [5.41, 5.74) is 0.334. The van der Waals surface area contributed by atoms with Gasteiger partial charge in [-0.2, -0.15) is 0 Å². The first-order chi connectivity index (χ1) is 11.7. The van der Waals surface area contributed by atoms with E-state index in [-0.39, 0.29) is 24.9 Å². The van der Waals surface area contributed by atoms with Crippen LogP contribution >= 0.6 is 23.2 Å². The molecule has 0 bridgehead atoms. The number of benzene rings is 1. The molecule has 0 aromatic heterocycles. The van der Waals surface area contributed by atoms with Gasteiger partial charge in [0.1, 0.15) is 0 Å². The van der Waals surface area contributed by atoms with Gasteiger partial charge in [0.2, 0.25) is 0 Å². The monoisotopic (exact) mass is 389 g/mol. The average Bonchev–Trinajstić information content (AvgIpc) is 2.48. The van der Waals surface area contributed by atoms with Crippen molar-refractivity contribution >= 4 is 46.7 Å². The highest BCUT2D eigenvalue weighted by Crippen LogP contribution is 2.29. The van der Waals surface area contributed by atoms with E-state index in [0.29, 0.717) is 27.2 Å². The lowest BCUT2D eigenvalue weighted by Crippen LogP contribution is -3.11. The number of carbonyl (C=O) groups excluding carboxylic acids is 3. The molecule has 4 amide bonds. The molecular formula is C16H23Cl2N4O3+. The lowest BCUT2D eigenvalue weighted by atomic mass is 10.2. The Labute approximate surface area is 157 Å². The Balaban J connectivity index is 2.42. The second-order valence-corrected chi connectivity index (χ2v) is 6.92. The molecular weight excluding hydrogens is 367 g/mol. The lowest BCUT2D eigenvalue weighted by molar-refractivity contribution is -0.862. The van der Waals surface area contributed by atoms with Crippen LogP contribution in [0.15, 0.2) is 18.2 Å². The number of hydrogen-bond acceptors (Lipinski definition) is 3. The van der Waals surface area contributed by atoms with E-state index in [1.165, 1.54) is 0 Å². The molecule has 0 spiro atoms. The Bertz CT molecular complexity index is 618. The van der Waals surface area contributed by atoms with Crippen molar-refractivity contribution in [3.63, 3.8) is 0 Å². The number of hydrogen-bond donors (Lipinski definition) is 4. The van der Waals surface area contributed by atoms with Crippen molar-refractivity contribution < 1.29 is 19.3 Å². The molecule has 138 valence electrons. The standard InChI is InChI=1S/C16H22Cl2N4O3/c1-10(2)7-19-16(25)21-14(24)9-22(3)8-13(23)20-15-11(17)5-4-6-12(15)18/h4-6,10H,7-9H2,1-3H3,(H,20,23)(H2,19,21,24,25)/p+1. The van der Waals surface area contributed by atoms with E-state index in [1.54, 1.807) is 25.2 Å². The lowest BCUT2D eigenvalue weighted by Gasteiger charge is -2.15. The number of rotatable bonds is 7. The van der Waals surface area contributed by atoms with E-state index >= 15 is 0 Å². The van der Waals surface area contributed by atoms with Gasteiger partial charge in [0, 0.05) is 6.54 Å². The maximum absolute atomic E-state index is 12.0. The Morgan fingerprint density at radius 2 is 1.64 bits per heavy atom. The number of halogens is 2. The highest BCUT2D eigenvalue weighted by molar-refractivity contribution is 6.39. The smallest absolute Gasteiger partial charge is 0.321 e. The molecule has 0 radical (unpaired) electrons. The van der Waals surface area contributed by atoms with E-state index in [9.17, 15) is 14.4 Å². The molecule has 1 aromatic carbocycles. The van der Waals surface area contributed by atoms with Gasteiger partial charge in [0.25, 0.3) is 11.8 Å². The number of urea groups is 1. The summed E-state index contributed by atoms with van der Waals surface area (Å²) in [5, 5.41) is 8.09. The summed E-state index contributed by atoms with van der Waals surface area (Å²) in [7, 11) is 1.67. The summed E-state index contributed by atoms with van der Waals surface area (Å²) < 4.78 is 0. The summed E-state index contributed by atoms with van der Waals surface area (Å²) >= 11 is 12.0. The maximum Gasteiger partial charge on any atom is 0.321 e. The summed E-state index contributed by atoms with van der Waals surface area (Å²) in [5.74, 6) is -0.527. The molecule has 7 nitrogen and oxygen atoms in total. The fourth-order valence-electron chi connectivity index (χ4n) is 1.92. The van der Waals surface area contributed by atoms with Crippen LogP contribution in [0.25, 0.3) is 0 Å². The molecule has 0 aliphatic heterocycles. The van der Waals surface area contributed by atoms with Gasteiger partial charge in [-0.25, -0.2) is 4.79 Å². The van der Waals surface area contributed by atoms with Gasteiger partial charge in [0.15, 0.2) is 13.1 Å². The first-order valence-electron chi connectivity index (χ1n) is 7.82. The fourth-order valence-corrected chi connectivity index (χ4v) is 2.42. The largest absolute Gasteiger partial charge is 0.338 e. The Morgan fingerprint density at radius 3 is 2.20 bits per heavy atom. The number of nitrogens with one attached hydrogen (secondary N) is 4. The van der Waals surface area contributed by atoms with Gasteiger partial charge in [-0.1, -0.05) is 43.1 Å². The fraction of sp³-hybridized carbons (Fsp3) is 0.438. The third kappa shape index (κ3) is 8.20. The average molecular weight is 390 g/mol. The van der Waals surface area contributed by atoms with E-state index in [4.69, 9.17) is 23.2 Å². The SMILES string of the molecule is CC(C)CNC(=O)NC(=O)C[NH+](C)CC(=O)Nc1c(Cl)cccc1Cl. The van der Waals surface area contributed by atoms with Gasteiger partial charge in [0.05, 0.1) is 22.8 Å². The van der Waals surface area contributed by atoms with E-state index < -0.39 is 11.9 Å². The number of carbonyl (C=O) groups is 3. The number of likely N-dealkylation sites (N-methyl/N-ethyl adjacent to an activating group) is 1. The van der Waals surface area contributed by atoms with Crippen molar-refractivity contribution in [2.75, 3.05) is 32.0 Å². The molecule has 4 N–H and O–H groups in total. The van der Waals surface area contributed by atoms with Crippen LogP contribution in [0.3, 0.4) is 0 Å². The Hall–Kier alpha value is -1.83. The van der Waals surface area contributed by atoms with E-state index in [2.05, 4.69) is 16.0 Å². The van der Waals surface area contributed by atoms with Gasteiger partial charge in [-0.05, 0) is 18.1 Å². The minimum absolute atomic E-state index is 0.0165. The van der Waals surface area contributed by atoms with Crippen molar-refractivity contribution in [2.24, 2.45) is 5.92 Å². The molecule has 1 atom stereocenters. The normalized spacial score (nSPS) is 11.8. The van der Waals surface area contributed by atoms with Gasteiger partial charge < -0.3 is 15.5 Å². The van der Waals surface area contributed by atoms with Crippen molar-refractivity contribution in [1.29, 1.82) is 0 Å². The highest BCUT2D eigenvalue weighted by atomic mass is 35.5. The molecule has 0 aliphatic carbocycles. The molecule has 0 saturated carbocycles. The van der Waals surface area contributed by atoms with Crippen molar-refractivity contribution in [1.82, 2.24) is 10.6 Å². The number of para-hydroxylation sites is 1. The van der Waals surface area contributed by atoms with E-state index in [1.807, 2.05) is 13.8 Å². The van der Waals surface area contributed by atoms with Crippen LogP contribution in [0, 0.1) is 5.92 Å². The maximum atomic E-state index is 12.0. The summed E-state index contributed by atoms with van der Waals surface area (Å²) in [6, 6.07) is 4.36. The van der Waals surface area contributed by atoms with Gasteiger partial charge in [-0.3, -0.25) is 14.9 Å². The summed E-state index contributed by atoms with van der Waals surface area (Å²) in [4.78, 5) is 36.0. The van der Waals surface area contributed by atoms with Crippen LogP contribution < -0.4 is 20.9 Å². The summed E-state index contributed by atoms with van der Waals surface area (Å²) in [6.45, 7) is 4.36. The molecule has 0 heterocycles. The molecule has 0 fully saturated rings. The topological polar surface area (TPSA) is 91.7 Å². The molecule has 0 saturated heterocycles. The third-order valence-corrected chi connectivity index (χ3v) is 3.71. The third-order valence-electron chi connectivity index (χ3n) is 3.08. The molecule has 1 unspecified atom stereocenters. The second-order valence-electron chi connectivity index (χ2n) is 6.11. The molecule has 1 rings (SSSR count). The molecule has 1 aromatic rings. The Kier molecular flexibility index (Phi) is 8.68. The van der Waals surface area contributed by atoms with Crippen LogP contribution in [-0.4, -0.2) is 44.5 Å². The van der Waals surface area contributed by atoms with Crippen molar-refractivity contribution in [2.45, 2.75) is 13.8 Å². The minimum Gasteiger partial charge on any atom is -0.338 e. The van der Waals surface area contributed by atoms with Crippen molar-refractivity contribution in [3.05, 3.63) is 28.2 Å². The van der Waals surface area contributed by atoms with Crippen LogP contribution in [-0.2, 0) is 9.59 Å². The minimum atomic E-state index is -0.543. The predicted molar refractivity (Wildman–Crippen MR) is 98.1 cm³/mol. The predicted octanol–water partition coefficient (Wildman–Crippen LogP) is 0.928. The van der Waals surface area contributed by atoms with Crippen LogP contribution in [0.1, 0.15) is 13.8 Å². The van der Waals surface area contributed by atoms with E-state index in [0.717, 1.165) is 0 Å². The zero-order valence-electron chi connectivity index (χ0n) is 14.4. The first kappa shape index (κ1) is 21.2. The molecule has 0 aliphatic rings. The van der Waals surface area contributed by atoms with Crippen LogP contribution in [0.4, 0.5) is 10.5 Å². The zero-order valence-corrected chi connectivity index (χ0v) is 15.9. The molecule has 25 heavy (non-hydrogen) atoms.